The molecule has 0 spiro atoms. The summed E-state index contributed by atoms with van der Waals surface area (Å²) in [5, 5.41) is 19.3. The second kappa shape index (κ2) is 12.7. The highest BCUT2D eigenvalue weighted by Gasteiger charge is 2.37. The van der Waals surface area contributed by atoms with Crippen molar-refractivity contribution in [1.82, 2.24) is 4.90 Å². The second-order valence-electron chi connectivity index (χ2n) is 8.08. The molecule has 0 aliphatic carbocycles. The lowest BCUT2D eigenvalue weighted by atomic mass is 10.1. The third kappa shape index (κ3) is 8.48. The maximum atomic E-state index is 13.8. The number of halogens is 5. The van der Waals surface area contributed by atoms with E-state index in [0.717, 1.165) is 12.1 Å². The first-order valence-corrected chi connectivity index (χ1v) is 13.2. The van der Waals surface area contributed by atoms with Gasteiger partial charge in [0, 0.05) is 23.1 Å². The van der Waals surface area contributed by atoms with Gasteiger partial charge < -0.3 is 21.9 Å². The third-order valence-electron chi connectivity index (χ3n) is 5.18. The Labute approximate surface area is 226 Å². The van der Waals surface area contributed by atoms with Crippen molar-refractivity contribution in [3.05, 3.63) is 57.6 Å². The second-order valence-corrected chi connectivity index (χ2v) is 10.9. The number of carboxylic acids is 1. The molecule has 0 saturated carbocycles. The van der Waals surface area contributed by atoms with Crippen LogP contribution in [0.15, 0.2) is 41.3 Å². The van der Waals surface area contributed by atoms with Gasteiger partial charge in [0.2, 0.25) is 5.91 Å². The number of alkyl halides is 3. The number of carboxylic acid groups (broad SMARTS) is 1. The summed E-state index contributed by atoms with van der Waals surface area (Å²) in [7, 11) is -4.70. The van der Waals surface area contributed by atoms with Gasteiger partial charge in [-0.05, 0) is 48.7 Å². The Hall–Kier alpha value is -3.07. The molecule has 0 aromatic heterocycles. The molecule has 7 N–H and O–H groups in total. The van der Waals surface area contributed by atoms with Crippen LogP contribution in [-0.4, -0.2) is 54.6 Å². The van der Waals surface area contributed by atoms with Crippen molar-refractivity contribution < 1.29 is 36.3 Å². The molecule has 1 unspecified atom stereocenters. The normalized spacial score (nSPS) is 12.6. The highest BCUT2D eigenvalue weighted by atomic mass is 35.5. The third-order valence-corrected chi connectivity index (χ3v) is 7.25. The summed E-state index contributed by atoms with van der Waals surface area (Å²) in [5.74, 6) is -4.62. The maximum Gasteiger partial charge on any atom is 0.418 e. The molecule has 0 bridgehead atoms. The van der Waals surface area contributed by atoms with Gasteiger partial charge in [-0.1, -0.05) is 29.3 Å². The quantitative estimate of drug-likeness (QED) is 0.193. The van der Waals surface area contributed by atoms with E-state index in [0.29, 0.717) is 16.5 Å². The van der Waals surface area contributed by atoms with Crippen molar-refractivity contribution in [3.8, 4) is 0 Å². The molecule has 1 atom stereocenters. The molecule has 2 rings (SSSR count). The number of aliphatic carboxylic acids is 1. The SMILES string of the molecule is N=C(N)N(CCCC(N)C(=O)O)C(=O)CS(=O)(=O)c1cccc(C(F)(F)F)c1NCc1cc(Cl)cc(Cl)c1. The Morgan fingerprint density at radius 2 is 1.76 bits per heavy atom. The van der Waals surface area contributed by atoms with Crippen LogP contribution in [0.2, 0.25) is 10.0 Å². The van der Waals surface area contributed by atoms with Gasteiger partial charge in [0.1, 0.15) is 11.8 Å². The van der Waals surface area contributed by atoms with E-state index < -0.39 is 61.8 Å². The smallest absolute Gasteiger partial charge is 0.418 e. The first kappa shape index (κ1) is 31.1. The molecule has 0 heterocycles. The number of hydrogen-bond acceptors (Lipinski definition) is 7. The molecular formula is C22H24Cl2F3N5O5S. The van der Waals surface area contributed by atoms with Crippen LogP contribution in [0.3, 0.4) is 0 Å². The Balaban J connectivity index is 2.37. The van der Waals surface area contributed by atoms with Gasteiger partial charge in [-0.2, -0.15) is 13.2 Å². The van der Waals surface area contributed by atoms with Gasteiger partial charge in [0.25, 0.3) is 0 Å². The zero-order valence-electron chi connectivity index (χ0n) is 19.6. The van der Waals surface area contributed by atoms with Crippen LogP contribution in [0.5, 0.6) is 0 Å². The van der Waals surface area contributed by atoms with Gasteiger partial charge in [-0.25, -0.2) is 8.42 Å². The summed E-state index contributed by atoms with van der Waals surface area (Å²) in [6, 6.07) is 5.49. The minimum Gasteiger partial charge on any atom is -0.480 e. The summed E-state index contributed by atoms with van der Waals surface area (Å²) < 4.78 is 67.6. The maximum absolute atomic E-state index is 13.8. The van der Waals surface area contributed by atoms with Crippen molar-refractivity contribution in [1.29, 1.82) is 5.41 Å². The topological polar surface area (TPSA) is 180 Å². The van der Waals surface area contributed by atoms with Gasteiger partial charge in [-0.15, -0.1) is 0 Å². The number of para-hydroxylation sites is 1. The van der Waals surface area contributed by atoms with E-state index in [1.807, 2.05) is 0 Å². The summed E-state index contributed by atoms with van der Waals surface area (Å²) in [6.07, 6.45) is -5.08. The van der Waals surface area contributed by atoms with Crippen molar-refractivity contribution >= 4 is 56.6 Å². The Morgan fingerprint density at radius 1 is 1.16 bits per heavy atom. The molecule has 0 fully saturated rings. The van der Waals surface area contributed by atoms with E-state index in [-0.39, 0.29) is 36.0 Å². The van der Waals surface area contributed by atoms with Crippen LogP contribution >= 0.6 is 23.2 Å². The molecule has 208 valence electrons. The molecule has 0 saturated heterocycles. The number of benzene rings is 2. The summed E-state index contributed by atoms with van der Waals surface area (Å²) >= 11 is 11.9. The molecule has 2 aromatic carbocycles. The number of nitrogens with one attached hydrogen (secondary N) is 2. The number of nitrogens with zero attached hydrogens (tertiary/aromatic N) is 1. The first-order chi connectivity index (χ1) is 17.5. The first-order valence-electron chi connectivity index (χ1n) is 10.8. The van der Waals surface area contributed by atoms with E-state index in [9.17, 15) is 31.2 Å². The van der Waals surface area contributed by atoms with Crippen molar-refractivity contribution in [2.45, 2.75) is 36.5 Å². The summed E-state index contributed by atoms with van der Waals surface area (Å²) in [4.78, 5) is 23.4. The zero-order valence-corrected chi connectivity index (χ0v) is 21.9. The van der Waals surface area contributed by atoms with Gasteiger partial charge in [0.15, 0.2) is 15.8 Å². The van der Waals surface area contributed by atoms with E-state index in [4.69, 9.17) is 45.2 Å². The average Bonchev–Trinajstić information content (AvgIpc) is 2.78. The van der Waals surface area contributed by atoms with Crippen molar-refractivity contribution in [2.24, 2.45) is 11.5 Å². The lowest BCUT2D eigenvalue weighted by molar-refractivity contribution is -0.139. The number of guanidine groups is 1. The fourth-order valence-corrected chi connectivity index (χ4v) is 5.39. The highest BCUT2D eigenvalue weighted by molar-refractivity contribution is 7.92. The van der Waals surface area contributed by atoms with Gasteiger partial charge in [0.05, 0.1) is 16.1 Å². The van der Waals surface area contributed by atoms with Crippen LogP contribution in [-0.2, 0) is 32.1 Å². The molecule has 2 aromatic rings. The molecule has 0 aliphatic rings. The largest absolute Gasteiger partial charge is 0.480 e. The summed E-state index contributed by atoms with van der Waals surface area (Å²) in [5.41, 5.74) is 9.06. The average molecular weight is 598 g/mol. The molecule has 16 heteroatoms. The van der Waals surface area contributed by atoms with Crippen LogP contribution in [0, 0.1) is 5.41 Å². The molecule has 1 amide bonds. The standard InChI is InChI=1S/C22H24Cl2F3N5O5S/c23-13-7-12(8-14(24)9-13)10-31-19-15(22(25,26)27)3-1-5-17(19)38(36,37)11-18(33)32(21(29)30)6-2-4-16(28)20(34)35/h1,3,5,7-9,16,31H,2,4,6,10-11,28H2,(H3,29,30)(H,34,35). The predicted molar refractivity (Wildman–Crippen MR) is 136 cm³/mol. The van der Waals surface area contributed by atoms with Crippen LogP contribution in [0.4, 0.5) is 18.9 Å². The van der Waals surface area contributed by atoms with E-state index in [1.165, 1.54) is 18.2 Å². The highest BCUT2D eigenvalue weighted by Crippen LogP contribution is 2.39. The van der Waals surface area contributed by atoms with E-state index in [1.54, 1.807) is 0 Å². The number of nitrogens with two attached hydrogens (primary N) is 2. The van der Waals surface area contributed by atoms with E-state index in [2.05, 4.69) is 5.32 Å². The minimum absolute atomic E-state index is 0.0304. The molecular weight excluding hydrogens is 574 g/mol. The molecule has 0 aliphatic heterocycles. The van der Waals surface area contributed by atoms with Crippen molar-refractivity contribution in [2.75, 3.05) is 17.6 Å². The molecule has 0 radical (unpaired) electrons. The number of carbonyl (C=O) groups excluding carboxylic acids is 1. The van der Waals surface area contributed by atoms with E-state index >= 15 is 0 Å². The lowest BCUT2D eigenvalue weighted by Gasteiger charge is -2.22. The molecule has 38 heavy (non-hydrogen) atoms. The Morgan fingerprint density at radius 3 is 2.29 bits per heavy atom. The Kier molecular flexibility index (Phi) is 10.4. The van der Waals surface area contributed by atoms with Gasteiger partial charge in [-0.3, -0.25) is 19.9 Å². The predicted octanol–water partition coefficient (Wildman–Crippen LogP) is 3.31. The summed E-state index contributed by atoms with van der Waals surface area (Å²) in [6.45, 7) is -0.610. The number of carbonyl (C=O) groups is 2. The van der Waals surface area contributed by atoms with Crippen LogP contribution < -0.4 is 16.8 Å². The van der Waals surface area contributed by atoms with Crippen LogP contribution in [0.25, 0.3) is 0 Å². The zero-order chi connectivity index (χ0) is 28.8. The number of amides is 1. The van der Waals surface area contributed by atoms with Crippen molar-refractivity contribution in [3.63, 3.8) is 0 Å². The number of anilines is 1. The fraction of sp³-hybridized carbons (Fsp3) is 0.318. The number of rotatable bonds is 11. The number of hydrogen-bond donors (Lipinski definition) is 5. The number of sulfone groups is 1. The van der Waals surface area contributed by atoms with Crippen LogP contribution in [0.1, 0.15) is 24.0 Å². The minimum atomic E-state index is -4.95. The Bertz CT molecular complexity index is 1300. The molecule has 10 nitrogen and oxygen atoms in total. The monoisotopic (exact) mass is 597 g/mol. The fourth-order valence-electron chi connectivity index (χ4n) is 3.40. The lowest BCUT2D eigenvalue weighted by Crippen LogP contribution is -2.45. The van der Waals surface area contributed by atoms with Gasteiger partial charge >= 0.3 is 12.1 Å².